The predicted octanol–water partition coefficient (Wildman–Crippen LogP) is 3.91. The van der Waals surface area contributed by atoms with Gasteiger partial charge in [0.15, 0.2) is 0 Å². The fourth-order valence-corrected chi connectivity index (χ4v) is 3.91. The Bertz CT molecular complexity index is 590. The first-order chi connectivity index (χ1) is 9.18. The van der Waals surface area contributed by atoms with Gasteiger partial charge in [0.05, 0.1) is 0 Å². The van der Waals surface area contributed by atoms with Gasteiger partial charge in [-0.15, -0.1) is 11.3 Å². The zero-order chi connectivity index (χ0) is 13.4. The van der Waals surface area contributed by atoms with E-state index in [-0.39, 0.29) is 5.91 Å². The third-order valence-corrected chi connectivity index (χ3v) is 4.75. The van der Waals surface area contributed by atoms with E-state index in [2.05, 4.69) is 35.9 Å². The SMILES string of the molecule is CC(C)n1c(C(=O)N2CCCCC2)cc2ccsc21. The molecule has 0 spiro atoms. The number of fused-ring (bicyclic) bond motifs is 1. The summed E-state index contributed by atoms with van der Waals surface area (Å²) in [7, 11) is 0. The normalized spacial score (nSPS) is 16.5. The summed E-state index contributed by atoms with van der Waals surface area (Å²) >= 11 is 1.72. The van der Waals surface area contributed by atoms with Crippen LogP contribution < -0.4 is 0 Å². The monoisotopic (exact) mass is 276 g/mol. The Morgan fingerprint density at radius 1 is 1.26 bits per heavy atom. The number of hydrogen-bond acceptors (Lipinski definition) is 2. The standard InChI is InChI=1S/C15H20N2OS/c1-11(2)17-13(10-12-6-9-19-15(12)17)14(18)16-7-4-3-5-8-16/h6,9-11H,3-5,7-8H2,1-2H3. The molecule has 3 nitrogen and oxygen atoms in total. The summed E-state index contributed by atoms with van der Waals surface area (Å²) in [5.41, 5.74) is 0.860. The molecule has 0 radical (unpaired) electrons. The lowest BCUT2D eigenvalue weighted by molar-refractivity contribution is 0.0712. The molecular formula is C15H20N2OS. The molecule has 0 unspecified atom stereocenters. The minimum Gasteiger partial charge on any atom is -0.337 e. The van der Waals surface area contributed by atoms with Crippen molar-refractivity contribution >= 4 is 27.5 Å². The molecule has 4 heteroatoms. The van der Waals surface area contributed by atoms with E-state index in [0.29, 0.717) is 6.04 Å². The molecule has 1 aliphatic rings. The number of likely N-dealkylation sites (tertiary alicyclic amines) is 1. The molecule has 1 amide bonds. The first kappa shape index (κ1) is 12.7. The van der Waals surface area contributed by atoms with E-state index >= 15 is 0 Å². The number of thiophene rings is 1. The van der Waals surface area contributed by atoms with Gasteiger partial charge in [-0.2, -0.15) is 0 Å². The van der Waals surface area contributed by atoms with Crippen LogP contribution in [0, 0.1) is 0 Å². The molecule has 0 aromatic carbocycles. The largest absolute Gasteiger partial charge is 0.337 e. The van der Waals surface area contributed by atoms with Crippen molar-refractivity contribution < 1.29 is 4.79 Å². The highest BCUT2D eigenvalue weighted by Gasteiger charge is 2.24. The Morgan fingerprint density at radius 2 is 2.00 bits per heavy atom. The van der Waals surface area contributed by atoms with Gasteiger partial charge in [-0.1, -0.05) is 0 Å². The maximum Gasteiger partial charge on any atom is 0.270 e. The summed E-state index contributed by atoms with van der Waals surface area (Å²) in [6.07, 6.45) is 3.54. The Balaban J connectivity index is 2.01. The summed E-state index contributed by atoms with van der Waals surface area (Å²) < 4.78 is 2.19. The average molecular weight is 276 g/mol. The van der Waals surface area contributed by atoms with Crippen molar-refractivity contribution in [3.05, 3.63) is 23.2 Å². The fourth-order valence-electron chi connectivity index (χ4n) is 2.88. The number of amides is 1. The molecular weight excluding hydrogens is 256 g/mol. The first-order valence-corrected chi connectivity index (χ1v) is 7.94. The van der Waals surface area contributed by atoms with Crippen LogP contribution in [0.5, 0.6) is 0 Å². The minimum atomic E-state index is 0.205. The highest BCUT2D eigenvalue weighted by molar-refractivity contribution is 7.16. The number of carbonyl (C=O) groups is 1. The van der Waals surface area contributed by atoms with Crippen molar-refractivity contribution in [2.75, 3.05) is 13.1 Å². The van der Waals surface area contributed by atoms with Gasteiger partial charge in [0, 0.05) is 24.5 Å². The van der Waals surface area contributed by atoms with E-state index in [1.165, 1.54) is 16.6 Å². The van der Waals surface area contributed by atoms with Crippen molar-refractivity contribution in [3.8, 4) is 0 Å². The van der Waals surface area contributed by atoms with Crippen molar-refractivity contribution in [1.82, 2.24) is 9.47 Å². The minimum absolute atomic E-state index is 0.205. The van der Waals surface area contributed by atoms with Crippen LogP contribution in [0.25, 0.3) is 10.2 Å². The lowest BCUT2D eigenvalue weighted by Crippen LogP contribution is -2.36. The lowest BCUT2D eigenvalue weighted by Gasteiger charge is -2.27. The van der Waals surface area contributed by atoms with Crippen molar-refractivity contribution in [3.63, 3.8) is 0 Å². The summed E-state index contributed by atoms with van der Waals surface area (Å²) in [6.45, 7) is 6.11. The summed E-state index contributed by atoms with van der Waals surface area (Å²) in [5.74, 6) is 0.205. The molecule has 102 valence electrons. The van der Waals surface area contributed by atoms with Crippen LogP contribution in [0.4, 0.5) is 0 Å². The number of aromatic nitrogens is 1. The maximum atomic E-state index is 12.7. The smallest absolute Gasteiger partial charge is 0.270 e. The molecule has 2 aromatic rings. The van der Waals surface area contributed by atoms with E-state index in [9.17, 15) is 4.79 Å². The molecule has 0 saturated carbocycles. The molecule has 0 aliphatic carbocycles. The molecule has 19 heavy (non-hydrogen) atoms. The molecule has 0 N–H and O–H groups in total. The Kier molecular flexibility index (Phi) is 3.35. The third-order valence-electron chi connectivity index (χ3n) is 3.82. The second-order valence-corrected chi connectivity index (χ2v) is 6.42. The molecule has 3 rings (SSSR count). The Morgan fingerprint density at radius 3 is 2.68 bits per heavy atom. The topological polar surface area (TPSA) is 25.2 Å². The maximum absolute atomic E-state index is 12.7. The number of nitrogens with zero attached hydrogens (tertiary/aromatic N) is 2. The van der Waals surface area contributed by atoms with E-state index in [1.807, 2.05) is 4.90 Å². The molecule has 0 bridgehead atoms. The predicted molar refractivity (Wildman–Crippen MR) is 80.0 cm³/mol. The van der Waals surface area contributed by atoms with E-state index in [1.54, 1.807) is 11.3 Å². The van der Waals surface area contributed by atoms with Crippen LogP contribution in [-0.2, 0) is 0 Å². The molecule has 3 heterocycles. The van der Waals surface area contributed by atoms with E-state index < -0.39 is 0 Å². The van der Waals surface area contributed by atoms with Crippen LogP contribution >= 0.6 is 11.3 Å². The quantitative estimate of drug-likeness (QED) is 0.816. The second kappa shape index (κ2) is 5.00. The highest BCUT2D eigenvalue weighted by Crippen LogP contribution is 2.29. The Hall–Kier alpha value is -1.29. The van der Waals surface area contributed by atoms with Crippen molar-refractivity contribution in [1.29, 1.82) is 0 Å². The molecule has 0 atom stereocenters. The number of carbonyl (C=O) groups excluding carboxylic acids is 1. The van der Waals surface area contributed by atoms with Crippen LogP contribution in [0.15, 0.2) is 17.5 Å². The van der Waals surface area contributed by atoms with Gasteiger partial charge in [-0.25, -0.2) is 0 Å². The summed E-state index contributed by atoms with van der Waals surface area (Å²) in [4.78, 5) is 15.9. The number of rotatable bonds is 2. The van der Waals surface area contributed by atoms with Crippen LogP contribution in [0.2, 0.25) is 0 Å². The zero-order valence-electron chi connectivity index (χ0n) is 11.6. The lowest BCUT2D eigenvalue weighted by atomic mass is 10.1. The van der Waals surface area contributed by atoms with Crippen molar-refractivity contribution in [2.24, 2.45) is 0 Å². The van der Waals surface area contributed by atoms with Crippen LogP contribution in [0.1, 0.15) is 49.6 Å². The van der Waals surface area contributed by atoms with E-state index in [4.69, 9.17) is 0 Å². The van der Waals surface area contributed by atoms with Crippen LogP contribution in [0.3, 0.4) is 0 Å². The summed E-state index contributed by atoms with van der Waals surface area (Å²) in [5, 5.41) is 3.29. The average Bonchev–Trinajstić information content (AvgIpc) is 2.98. The third kappa shape index (κ3) is 2.18. The molecule has 2 aromatic heterocycles. The van der Waals surface area contributed by atoms with Gasteiger partial charge in [-0.3, -0.25) is 4.79 Å². The summed E-state index contributed by atoms with van der Waals surface area (Å²) in [6, 6.07) is 4.48. The molecule has 1 aliphatic heterocycles. The van der Waals surface area contributed by atoms with Gasteiger partial charge < -0.3 is 9.47 Å². The number of piperidine rings is 1. The Labute approximate surface area is 117 Å². The van der Waals surface area contributed by atoms with Crippen molar-refractivity contribution in [2.45, 2.75) is 39.2 Å². The zero-order valence-corrected chi connectivity index (χ0v) is 12.4. The van der Waals surface area contributed by atoms with Gasteiger partial charge in [0.1, 0.15) is 10.5 Å². The molecule has 1 saturated heterocycles. The fraction of sp³-hybridized carbons (Fsp3) is 0.533. The van der Waals surface area contributed by atoms with E-state index in [0.717, 1.165) is 31.6 Å². The first-order valence-electron chi connectivity index (χ1n) is 7.06. The molecule has 1 fully saturated rings. The van der Waals surface area contributed by atoms with Gasteiger partial charge in [-0.05, 0) is 50.6 Å². The highest BCUT2D eigenvalue weighted by atomic mass is 32.1. The van der Waals surface area contributed by atoms with Gasteiger partial charge in [0.25, 0.3) is 5.91 Å². The number of hydrogen-bond donors (Lipinski definition) is 0. The van der Waals surface area contributed by atoms with Gasteiger partial charge in [0.2, 0.25) is 0 Å². The second-order valence-electron chi connectivity index (χ2n) is 5.53. The van der Waals surface area contributed by atoms with Crippen LogP contribution in [-0.4, -0.2) is 28.5 Å². The van der Waals surface area contributed by atoms with Gasteiger partial charge >= 0.3 is 0 Å².